The van der Waals surface area contributed by atoms with Gasteiger partial charge in [-0.3, -0.25) is 14.6 Å². The van der Waals surface area contributed by atoms with Gasteiger partial charge >= 0.3 is 0 Å². The van der Waals surface area contributed by atoms with Crippen molar-refractivity contribution in [1.29, 1.82) is 0 Å². The Labute approximate surface area is 178 Å². The number of anilines is 1. The number of nitrogens with one attached hydrogen (secondary N) is 2. The summed E-state index contributed by atoms with van der Waals surface area (Å²) < 4.78 is 0.951. The summed E-state index contributed by atoms with van der Waals surface area (Å²) >= 11 is 3.37. The molecule has 152 valence electrons. The number of amides is 2. The maximum Gasteiger partial charge on any atom is 0.251 e. The molecule has 2 amide bonds. The van der Waals surface area contributed by atoms with Crippen molar-refractivity contribution in [1.82, 2.24) is 20.5 Å². The van der Waals surface area contributed by atoms with Crippen LogP contribution < -0.4 is 15.5 Å². The summed E-state index contributed by atoms with van der Waals surface area (Å²) in [5.41, 5.74) is 1.13. The zero-order valence-electron chi connectivity index (χ0n) is 16.1. The molecule has 2 N–H and O–H groups in total. The van der Waals surface area contributed by atoms with Crippen LogP contribution in [-0.4, -0.2) is 60.1 Å². The molecule has 3 heterocycles. The lowest BCUT2D eigenvalue weighted by Gasteiger charge is -2.43. The Hall–Kier alpha value is -2.45. The van der Waals surface area contributed by atoms with E-state index in [-0.39, 0.29) is 11.8 Å². The maximum absolute atomic E-state index is 12.7. The Bertz CT molecular complexity index is 866. The molecule has 8 heteroatoms. The van der Waals surface area contributed by atoms with Crippen molar-refractivity contribution in [2.75, 3.05) is 37.7 Å². The van der Waals surface area contributed by atoms with Crippen molar-refractivity contribution in [2.24, 2.45) is 0 Å². The van der Waals surface area contributed by atoms with Gasteiger partial charge in [0.05, 0.1) is 18.6 Å². The van der Waals surface area contributed by atoms with Crippen LogP contribution in [0, 0.1) is 0 Å². The number of halogens is 1. The number of carbonyl (C=O) groups is 2. The van der Waals surface area contributed by atoms with E-state index in [1.54, 1.807) is 18.3 Å². The number of hydrogen-bond acceptors (Lipinski definition) is 5. The third-order valence-corrected chi connectivity index (χ3v) is 6.33. The normalized spacial score (nSPS) is 18.7. The molecule has 2 saturated heterocycles. The van der Waals surface area contributed by atoms with Crippen LogP contribution in [0.5, 0.6) is 0 Å². The molecule has 2 aromatic rings. The van der Waals surface area contributed by atoms with Gasteiger partial charge in [0.25, 0.3) is 5.91 Å². The largest absolute Gasteiger partial charge is 0.351 e. The Morgan fingerprint density at radius 3 is 2.66 bits per heavy atom. The van der Waals surface area contributed by atoms with Crippen LogP contribution in [0.2, 0.25) is 0 Å². The number of carbonyl (C=O) groups excluding carboxylic acids is 2. The molecule has 0 aliphatic carbocycles. The van der Waals surface area contributed by atoms with E-state index >= 15 is 0 Å². The van der Waals surface area contributed by atoms with E-state index in [0.29, 0.717) is 18.8 Å². The van der Waals surface area contributed by atoms with Gasteiger partial charge < -0.3 is 20.4 Å². The van der Waals surface area contributed by atoms with Gasteiger partial charge in [-0.1, -0.05) is 15.9 Å². The van der Waals surface area contributed by atoms with Crippen LogP contribution in [0.25, 0.3) is 0 Å². The summed E-state index contributed by atoms with van der Waals surface area (Å²) in [6, 6.07) is 11.2. The lowest BCUT2D eigenvalue weighted by molar-refractivity contribution is -0.125. The van der Waals surface area contributed by atoms with Gasteiger partial charge in [0.1, 0.15) is 5.54 Å². The van der Waals surface area contributed by atoms with Gasteiger partial charge in [-0.15, -0.1) is 0 Å². The Kier molecular flexibility index (Phi) is 5.82. The molecule has 2 aliphatic heterocycles. The van der Waals surface area contributed by atoms with E-state index in [1.165, 1.54) is 0 Å². The second kappa shape index (κ2) is 8.51. The first-order chi connectivity index (χ1) is 14.1. The molecule has 0 atom stereocenters. The average Bonchev–Trinajstić information content (AvgIpc) is 3.06. The lowest BCUT2D eigenvalue weighted by Crippen LogP contribution is -2.57. The molecule has 1 spiro atoms. The number of aromatic nitrogens is 1. The van der Waals surface area contributed by atoms with Crippen molar-refractivity contribution >= 4 is 33.4 Å². The van der Waals surface area contributed by atoms with Gasteiger partial charge in [-0.25, -0.2) is 0 Å². The molecule has 2 aliphatic rings. The molecular formula is C21H24BrN5O2. The van der Waals surface area contributed by atoms with E-state index in [1.807, 2.05) is 30.5 Å². The molecule has 0 unspecified atom stereocenters. The summed E-state index contributed by atoms with van der Waals surface area (Å²) in [5, 5.41) is 5.98. The summed E-state index contributed by atoms with van der Waals surface area (Å²) in [5.74, 6) is 0.0356. The molecule has 2 fully saturated rings. The number of nitrogens with zero attached hydrogens (tertiary/aromatic N) is 3. The third kappa shape index (κ3) is 4.13. The quantitative estimate of drug-likeness (QED) is 0.717. The summed E-state index contributed by atoms with van der Waals surface area (Å²) in [6.45, 7) is 3.51. The minimum Gasteiger partial charge on any atom is -0.351 e. The van der Waals surface area contributed by atoms with Gasteiger partial charge in [0.2, 0.25) is 5.91 Å². The molecule has 4 rings (SSSR count). The third-order valence-electron chi connectivity index (χ3n) is 5.80. The van der Waals surface area contributed by atoms with Crippen LogP contribution >= 0.6 is 15.9 Å². The van der Waals surface area contributed by atoms with Gasteiger partial charge in [0, 0.05) is 42.4 Å². The van der Waals surface area contributed by atoms with Crippen molar-refractivity contribution in [3.63, 3.8) is 0 Å². The molecule has 0 radical (unpaired) electrons. The van der Waals surface area contributed by atoms with Gasteiger partial charge in [-0.05, 0) is 49.2 Å². The average molecular weight is 458 g/mol. The fraction of sp³-hybridized carbons (Fsp3) is 0.381. The molecule has 7 nitrogen and oxygen atoms in total. The standard InChI is InChI=1S/C21H24BrN5O2/c22-17-5-3-16(4-6-17)19(28)24-10-13-26-11-7-21(8-12-26)20(29)25-15-27(21)18-2-1-9-23-14-18/h1-6,9,14H,7-8,10-13,15H2,(H,24,28)(H,25,29). The highest BCUT2D eigenvalue weighted by molar-refractivity contribution is 9.10. The number of piperidine rings is 1. The fourth-order valence-electron chi connectivity index (χ4n) is 4.12. The first-order valence-corrected chi connectivity index (χ1v) is 10.6. The molecular weight excluding hydrogens is 434 g/mol. The minimum atomic E-state index is -0.500. The zero-order chi connectivity index (χ0) is 20.3. The predicted molar refractivity (Wildman–Crippen MR) is 115 cm³/mol. The number of rotatable bonds is 5. The predicted octanol–water partition coefficient (Wildman–Crippen LogP) is 2.00. The smallest absolute Gasteiger partial charge is 0.251 e. The first-order valence-electron chi connectivity index (χ1n) is 9.81. The van der Waals surface area contributed by atoms with Gasteiger partial charge in [0.15, 0.2) is 0 Å². The van der Waals surface area contributed by atoms with E-state index in [9.17, 15) is 9.59 Å². The minimum absolute atomic E-state index is 0.0658. The highest BCUT2D eigenvalue weighted by Gasteiger charge is 2.50. The van der Waals surface area contributed by atoms with Crippen LogP contribution in [0.3, 0.4) is 0 Å². The van der Waals surface area contributed by atoms with Crippen LogP contribution in [-0.2, 0) is 4.79 Å². The number of pyridine rings is 1. The van der Waals surface area contributed by atoms with Crippen molar-refractivity contribution in [2.45, 2.75) is 18.4 Å². The lowest BCUT2D eigenvalue weighted by atomic mass is 9.85. The highest BCUT2D eigenvalue weighted by atomic mass is 79.9. The molecule has 0 bridgehead atoms. The summed E-state index contributed by atoms with van der Waals surface area (Å²) in [4.78, 5) is 33.6. The van der Waals surface area contributed by atoms with Crippen molar-refractivity contribution in [3.8, 4) is 0 Å². The van der Waals surface area contributed by atoms with E-state index in [2.05, 4.69) is 41.3 Å². The van der Waals surface area contributed by atoms with E-state index in [4.69, 9.17) is 0 Å². The molecule has 1 aromatic carbocycles. The van der Waals surface area contributed by atoms with Gasteiger partial charge in [-0.2, -0.15) is 0 Å². The van der Waals surface area contributed by atoms with Crippen LogP contribution in [0.15, 0.2) is 53.3 Å². The Morgan fingerprint density at radius 1 is 1.21 bits per heavy atom. The Morgan fingerprint density at radius 2 is 1.97 bits per heavy atom. The summed E-state index contributed by atoms with van der Waals surface area (Å²) in [6.07, 6.45) is 5.07. The maximum atomic E-state index is 12.7. The SMILES string of the molecule is O=C(NCCN1CCC2(CC1)C(=O)NCN2c1cccnc1)c1ccc(Br)cc1. The fourth-order valence-corrected chi connectivity index (χ4v) is 4.38. The number of hydrogen-bond donors (Lipinski definition) is 2. The summed E-state index contributed by atoms with van der Waals surface area (Å²) in [7, 11) is 0. The monoisotopic (exact) mass is 457 g/mol. The topological polar surface area (TPSA) is 77.6 Å². The molecule has 1 aromatic heterocycles. The molecule has 0 saturated carbocycles. The number of likely N-dealkylation sites (tertiary alicyclic amines) is 1. The Balaban J connectivity index is 1.30. The number of benzene rings is 1. The highest BCUT2D eigenvalue weighted by Crippen LogP contribution is 2.35. The zero-order valence-corrected chi connectivity index (χ0v) is 17.7. The second-order valence-electron chi connectivity index (χ2n) is 7.44. The first kappa shape index (κ1) is 19.8. The van der Waals surface area contributed by atoms with E-state index in [0.717, 1.165) is 42.6 Å². The second-order valence-corrected chi connectivity index (χ2v) is 8.35. The van der Waals surface area contributed by atoms with Crippen LogP contribution in [0.1, 0.15) is 23.2 Å². The van der Waals surface area contributed by atoms with Crippen molar-refractivity contribution < 1.29 is 9.59 Å². The van der Waals surface area contributed by atoms with E-state index < -0.39 is 5.54 Å². The van der Waals surface area contributed by atoms with Crippen LogP contribution in [0.4, 0.5) is 5.69 Å². The molecule has 29 heavy (non-hydrogen) atoms. The van der Waals surface area contributed by atoms with Crippen molar-refractivity contribution in [3.05, 3.63) is 58.8 Å².